The van der Waals surface area contributed by atoms with Crippen LogP contribution in [0.5, 0.6) is 0 Å². The Hall–Kier alpha value is -3.73. The molecular formula is C28H38N8O3. The second-order valence-corrected chi connectivity index (χ2v) is 11.4. The van der Waals surface area contributed by atoms with E-state index in [1.807, 2.05) is 54.6 Å². The summed E-state index contributed by atoms with van der Waals surface area (Å²) in [6.07, 6.45) is 13.8. The number of aliphatic hydroxyl groups is 1. The third-order valence-electron chi connectivity index (χ3n) is 7.31. The smallest absolute Gasteiger partial charge is 0.410 e. The van der Waals surface area contributed by atoms with Crippen LogP contribution < -0.4 is 0 Å². The van der Waals surface area contributed by atoms with E-state index in [4.69, 9.17) is 9.72 Å². The highest BCUT2D eigenvalue weighted by Crippen LogP contribution is 2.29. The summed E-state index contributed by atoms with van der Waals surface area (Å²) in [6, 6.07) is 2.30. The fourth-order valence-corrected chi connectivity index (χ4v) is 5.08. The number of fused-ring (bicyclic) bond motifs is 1. The number of likely N-dealkylation sites (tertiary alicyclic amines) is 1. The highest BCUT2D eigenvalue weighted by Gasteiger charge is 2.36. The van der Waals surface area contributed by atoms with Gasteiger partial charge in [0.15, 0.2) is 0 Å². The Kier molecular flexibility index (Phi) is 7.19. The van der Waals surface area contributed by atoms with Gasteiger partial charge in [-0.15, -0.1) is 0 Å². The van der Waals surface area contributed by atoms with E-state index < -0.39 is 11.2 Å². The van der Waals surface area contributed by atoms with Gasteiger partial charge < -0.3 is 14.7 Å². The third kappa shape index (κ3) is 5.83. The average Bonchev–Trinajstić information content (AvgIpc) is 3.64. The molecule has 5 heterocycles. The van der Waals surface area contributed by atoms with Crippen LogP contribution in [0.1, 0.15) is 66.3 Å². The van der Waals surface area contributed by atoms with Crippen molar-refractivity contribution in [3.63, 3.8) is 0 Å². The van der Waals surface area contributed by atoms with Gasteiger partial charge in [-0.2, -0.15) is 15.3 Å². The first-order valence-electron chi connectivity index (χ1n) is 13.7. The van der Waals surface area contributed by atoms with Crippen molar-refractivity contribution in [1.82, 2.24) is 39.1 Å². The normalized spacial score (nSPS) is 15.8. The van der Waals surface area contributed by atoms with Gasteiger partial charge in [0.2, 0.25) is 0 Å². The SMILES string of the molecule is CCC(CC)n1cc(-c2nc(-c3cnn(CC4(O)CCN(C(=O)OC(C)(C)C)CC4)c3)cn3nccc23)cn1. The van der Waals surface area contributed by atoms with Crippen molar-refractivity contribution < 1.29 is 14.6 Å². The predicted octanol–water partition coefficient (Wildman–Crippen LogP) is 4.58. The van der Waals surface area contributed by atoms with Crippen LogP contribution in [0.3, 0.4) is 0 Å². The fraction of sp³-hybridized carbons (Fsp3) is 0.536. The van der Waals surface area contributed by atoms with E-state index in [0.29, 0.717) is 38.5 Å². The summed E-state index contributed by atoms with van der Waals surface area (Å²) in [5.74, 6) is 0. The van der Waals surface area contributed by atoms with Crippen LogP contribution in [-0.4, -0.2) is 74.6 Å². The molecule has 0 atom stereocenters. The molecule has 1 amide bonds. The lowest BCUT2D eigenvalue weighted by Crippen LogP contribution is -2.49. The molecule has 11 nitrogen and oxygen atoms in total. The van der Waals surface area contributed by atoms with E-state index >= 15 is 0 Å². The van der Waals surface area contributed by atoms with Gasteiger partial charge in [0.25, 0.3) is 0 Å². The number of carbonyl (C=O) groups is 1. The molecule has 0 bridgehead atoms. The molecule has 0 aromatic carbocycles. The monoisotopic (exact) mass is 534 g/mol. The van der Waals surface area contributed by atoms with Gasteiger partial charge in [0.1, 0.15) is 5.60 Å². The number of hydrogen-bond donors (Lipinski definition) is 1. The molecule has 208 valence electrons. The van der Waals surface area contributed by atoms with E-state index in [1.165, 1.54) is 0 Å². The molecule has 1 fully saturated rings. The number of amides is 1. The van der Waals surface area contributed by atoms with Crippen molar-refractivity contribution in [3.05, 3.63) is 43.2 Å². The molecule has 5 rings (SSSR count). The lowest BCUT2D eigenvalue weighted by molar-refractivity contribution is -0.0431. The molecule has 0 aliphatic carbocycles. The van der Waals surface area contributed by atoms with Gasteiger partial charge in [-0.3, -0.25) is 9.36 Å². The number of ether oxygens (including phenoxy) is 1. The standard InChI is InChI=1S/C28H38N8O3/c1-6-22(7-2)35-17-21(15-31-35)25-24-8-11-29-36(24)18-23(32-25)20-14-30-34(16-20)19-28(38)9-12-33(13-10-28)26(37)39-27(3,4)5/h8,11,14-18,22,38H,6-7,9-10,12-13,19H2,1-5H3. The number of nitrogens with zero attached hydrogens (tertiary/aromatic N) is 8. The zero-order chi connectivity index (χ0) is 27.8. The van der Waals surface area contributed by atoms with Crippen LogP contribution in [0.2, 0.25) is 0 Å². The highest BCUT2D eigenvalue weighted by molar-refractivity contribution is 5.78. The van der Waals surface area contributed by atoms with Gasteiger partial charge in [0.05, 0.1) is 59.9 Å². The maximum atomic E-state index is 12.4. The fourth-order valence-electron chi connectivity index (χ4n) is 5.08. The van der Waals surface area contributed by atoms with E-state index in [-0.39, 0.29) is 6.09 Å². The Labute approximate surface area is 228 Å². The number of piperidine rings is 1. The minimum atomic E-state index is -0.962. The van der Waals surface area contributed by atoms with Gasteiger partial charge in [-0.25, -0.2) is 14.3 Å². The van der Waals surface area contributed by atoms with Crippen molar-refractivity contribution in [3.8, 4) is 22.5 Å². The molecule has 4 aromatic rings. The molecule has 1 aliphatic rings. The van der Waals surface area contributed by atoms with E-state index in [1.54, 1.807) is 22.0 Å². The lowest BCUT2D eigenvalue weighted by Gasteiger charge is -2.38. The first-order valence-corrected chi connectivity index (χ1v) is 13.7. The van der Waals surface area contributed by atoms with Crippen molar-refractivity contribution in [2.24, 2.45) is 0 Å². The second kappa shape index (κ2) is 10.4. The summed E-state index contributed by atoms with van der Waals surface area (Å²) < 4.78 is 11.1. The van der Waals surface area contributed by atoms with Crippen molar-refractivity contribution in [2.45, 2.75) is 84.1 Å². The van der Waals surface area contributed by atoms with Crippen molar-refractivity contribution in [1.29, 1.82) is 0 Å². The van der Waals surface area contributed by atoms with Gasteiger partial charge in [-0.05, 0) is 52.5 Å². The summed E-state index contributed by atoms with van der Waals surface area (Å²) in [7, 11) is 0. The zero-order valence-electron chi connectivity index (χ0n) is 23.4. The Bertz CT molecular complexity index is 1430. The average molecular weight is 535 g/mol. The summed E-state index contributed by atoms with van der Waals surface area (Å²) in [4.78, 5) is 19.0. The second-order valence-electron chi connectivity index (χ2n) is 11.4. The maximum Gasteiger partial charge on any atom is 0.410 e. The molecule has 0 radical (unpaired) electrons. The number of hydrogen-bond acceptors (Lipinski definition) is 7. The summed E-state index contributed by atoms with van der Waals surface area (Å²) >= 11 is 0. The topological polar surface area (TPSA) is 116 Å². The molecule has 0 spiro atoms. The minimum absolute atomic E-state index is 0.328. The summed E-state index contributed by atoms with van der Waals surface area (Å²) in [6.45, 7) is 11.1. The molecule has 4 aromatic heterocycles. The predicted molar refractivity (Wildman–Crippen MR) is 147 cm³/mol. The van der Waals surface area contributed by atoms with E-state index in [0.717, 1.165) is 40.9 Å². The first kappa shape index (κ1) is 26.9. The largest absolute Gasteiger partial charge is 0.444 e. The van der Waals surface area contributed by atoms with Gasteiger partial charge >= 0.3 is 6.09 Å². The van der Waals surface area contributed by atoms with E-state index in [9.17, 15) is 9.90 Å². The van der Waals surface area contributed by atoms with E-state index in [2.05, 4.69) is 35.3 Å². The third-order valence-corrected chi connectivity index (χ3v) is 7.31. The molecule has 0 saturated carbocycles. The van der Waals surface area contributed by atoms with Crippen molar-refractivity contribution >= 4 is 11.6 Å². The zero-order valence-corrected chi connectivity index (χ0v) is 23.4. The van der Waals surface area contributed by atoms with Crippen LogP contribution >= 0.6 is 0 Å². The van der Waals surface area contributed by atoms with Crippen LogP contribution in [0.25, 0.3) is 28.0 Å². The van der Waals surface area contributed by atoms with Crippen LogP contribution in [-0.2, 0) is 11.3 Å². The Morgan fingerprint density at radius 1 is 1.05 bits per heavy atom. The molecule has 0 unspecified atom stereocenters. The van der Waals surface area contributed by atoms with Crippen molar-refractivity contribution in [2.75, 3.05) is 13.1 Å². The Balaban J connectivity index is 1.33. The first-order chi connectivity index (χ1) is 18.6. The maximum absolute atomic E-state index is 12.4. The molecule has 1 N–H and O–H groups in total. The van der Waals surface area contributed by atoms with Crippen LogP contribution in [0, 0.1) is 0 Å². The van der Waals surface area contributed by atoms with Gasteiger partial charge in [-0.1, -0.05) is 13.8 Å². The molecule has 1 aliphatic heterocycles. The number of aromatic nitrogens is 7. The molecular weight excluding hydrogens is 496 g/mol. The summed E-state index contributed by atoms with van der Waals surface area (Å²) in [5.41, 5.74) is 2.70. The number of rotatable bonds is 7. The Morgan fingerprint density at radius 2 is 1.77 bits per heavy atom. The molecule has 1 saturated heterocycles. The quantitative estimate of drug-likeness (QED) is 0.369. The molecule has 39 heavy (non-hydrogen) atoms. The van der Waals surface area contributed by atoms with Gasteiger partial charge in [0, 0.05) is 36.6 Å². The number of carbonyl (C=O) groups excluding carboxylic acids is 1. The summed E-state index contributed by atoms with van der Waals surface area (Å²) in [5, 5.41) is 24.8. The Morgan fingerprint density at radius 3 is 2.46 bits per heavy atom. The molecule has 11 heteroatoms. The highest BCUT2D eigenvalue weighted by atomic mass is 16.6. The van der Waals surface area contributed by atoms with Crippen LogP contribution in [0.15, 0.2) is 43.2 Å². The lowest BCUT2D eigenvalue weighted by atomic mass is 9.91. The van der Waals surface area contributed by atoms with Crippen LogP contribution in [0.4, 0.5) is 4.79 Å². The minimum Gasteiger partial charge on any atom is -0.444 e.